The van der Waals surface area contributed by atoms with Crippen LogP contribution in [0.25, 0.3) is 0 Å². The van der Waals surface area contributed by atoms with E-state index in [1.165, 1.54) is 0 Å². The Morgan fingerprint density at radius 3 is 2.44 bits per heavy atom. The van der Waals surface area contributed by atoms with Crippen LogP contribution in [0.1, 0.15) is 24.4 Å². The van der Waals surface area contributed by atoms with Gasteiger partial charge in [0.25, 0.3) is 0 Å². The summed E-state index contributed by atoms with van der Waals surface area (Å²) in [4.78, 5) is 19.7. The maximum atomic E-state index is 13.1. The topological polar surface area (TPSA) is 63.1 Å². The molecule has 1 aliphatic rings. The van der Waals surface area contributed by atoms with Crippen molar-refractivity contribution >= 4 is 11.7 Å². The van der Waals surface area contributed by atoms with Gasteiger partial charge in [0.1, 0.15) is 5.82 Å². The number of aromatic nitrogens is 3. The Bertz CT molecular complexity index is 843. The zero-order valence-corrected chi connectivity index (χ0v) is 15.1. The minimum absolute atomic E-state index is 0.0128. The van der Waals surface area contributed by atoms with E-state index in [9.17, 15) is 4.79 Å². The molecule has 0 aliphatic carbocycles. The molecule has 2 aromatic heterocycles. The van der Waals surface area contributed by atoms with Crippen LogP contribution in [-0.2, 0) is 4.79 Å². The predicted molar refractivity (Wildman–Crippen MR) is 104 cm³/mol. The van der Waals surface area contributed by atoms with Crippen LogP contribution in [0.4, 0.5) is 5.82 Å². The SMILES string of the molecule is O=C(NC1CCN(c2ccccn2)CC1)C(c1ccccc1)n1cccn1. The van der Waals surface area contributed by atoms with E-state index in [-0.39, 0.29) is 11.9 Å². The third kappa shape index (κ3) is 4.00. The van der Waals surface area contributed by atoms with E-state index < -0.39 is 6.04 Å². The molecule has 1 unspecified atom stereocenters. The van der Waals surface area contributed by atoms with Crippen LogP contribution in [-0.4, -0.2) is 39.8 Å². The summed E-state index contributed by atoms with van der Waals surface area (Å²) in [6.45, 7) is 1.78. The van der Waals surface area contributed by atoms with E-state index in [1.807, 2.05) is 67.0 Å². The summed E-state index contributed by atoms with van der Waals surface area (Å²) >= 11 is 0. The molecule has 4 rings (SSSR count). The molecule has 0 spiro atoms. The Hall–Kier alpha value is -3.15. The van der Waals surface area contributed by atoms with Crippen molar-refractivity contribution in [1.82, 2.24) is 20.1 Å². The lowest BCUT2D eigenvalue weighted by Gasteiger charge is -2.33. The van der Waals surface area contributed by atoms with Crippen molar-refractivity contribution in [2.75, 3.05) is 18.0 Å². The van der Waals surface area contributed by atoms with Crippen molar-refractivity contribution in [3.63, 3.8) is 0 Å². The molecule has 0 bridgehead atoms. The average molecular weight is 361 g/mol. The Labute approximate surface area is 158 Å². The molecule has 1 fully saturated rings. The first-order valence-corrected chi connectivity index (χ1v) is 9.32. The molecule has 1 aromatic carbocycles. The second-order valence-electron chi connectivity index (χ2n) is 6.76. The maximum absolute atomic E-state index is 13.1. The van der Waals surface area contributed by atoms with E-state index >= 15 is 0 Å². The van der Waals surface area contributed by atoms with Gasteiger partial charge in [0.2, 0.25) is 5.91 Å². The first kappa shape index (κ1) is 17.3. The zero-order chi connectivity index (χ0) is 18.5. The lowest BCUT2D eigenvalue weighted by Crippen LogP contribution is -2.47. The Balaban J connectivity index is 1.42. The quantitative estimate of drug-likeness (QED) is 0.759. The van der Waals surface area contributed by atoms with Gasteiger partial charge >= 0.3 is 0 Å². The number of hydrogen-bond donors (Lipinski definition) is 1. The van der Waals surface area contributed by atoms with Crippen molar-refractivity contribution in [3.05, 3.63) is 78.8 Å². The summed E-state index contributed by atoms with van der Waals surface area (Å²) in [7, 11) is 0. The summed E-state index contributed by atoms with van der Waals surface area (Å²) in [6.07, 6.45) is 7.17. The maximum Gasteiger partial charge on any atom is 0.249 e. The molecular formula is C21H23N5O. The minimum atomic E-state index is -0.449. The van der Waals surface area contributed by atoms with E-state index in [2.05, 4.69) is 20.3 Å². The fourth-order valence-corrected chi connectivity index (χ4v) is 3.57. The molecule has 1 saturated heterocycles. The first-order valence-electron chi connectivity index (χ1n) is 9.32. The van der Waals surface area contributed by atoms with Gasteiger partial charge in [0, 0.05) is 37.7 Å². The molecule has 3 heterocycles. The van der Waals surface area contributed by atoms with Gasteiger partial charge in [-0.3, -0.25) is 9.48 Å². The lowest BCUT2D eigenvalue weighted by atomic mass is 10.0. The van der Waals surface area contributed by atoms with Crippen LogP contribution in [0.2, 0.25) is 0 Å². The molecule has 0 saturated carbocycles. The smallest absolute Gasteiger partial charge is 0.249 e. The van der Waals surface area contributed by atoms with Gasteiger partial charge in [-0.15, -0.1) is 0 Å². The van der Waals surface area contributed by atoms with Crippen LogP contribution in [0.15, 0.2) is 73.2 Å². The molecular weight excluding hydrogens is 338 g/mol. The monoisotopic (exact) mass is 361 g/mol. The lowest BCUT2D eigenvalue weighted by molar-refractivity contribution is -0.124. The number of amides is 1. The second kappa shape index (κ2) is 8.03. The number of rotatable bonds is 5. The number of pyridine rings is 1. The number of anilines is 1. The molecule has 1 N–H and O–H groups in total. The highest BCUT2D eigenvalue weighted by atomic mass is 16.2. The highest BCUT2D eigenvalue weighted by Crippen LogP contribution is 2.21. The van der Waals surface area contributed by atoms with Crippen molar-refractivity contribution in [2.45, 2.75) is 24.9 Å². The standard InChI is InChI=1S/C21H23N5O/c27-21(20(26-14-6-13-23-26)17-7-2-1-3-8-17)24-18-10-15-25(16-11-18)19-9-4-5-12-22-19/h1-9,12-14,18,20H,10-11,15-16H2,(H,24,27). The molecule has 6 nitrogen and oxygen atoms in total. The number of benzene rings is 1. The van der Waals surface area contributed by atoms with E-state index in [0.717, 1.165) is 37.3 Å². The fraction of sp³-hybridized carbons (Fsp3) is 0.286. The number of hydrogen-bond acceptors (Lipinski definition) is 4. The van der Waals surface area contributed by atoms with Gasteiger partial charge in [-0.05, 0) is 36.6 Å². The Morgan fingerprint density at radius 1 is 1.00 bits per heavy atom. The van der Waals surface area contributed by atoms with Gasteiger partial charge in [-0.1, -0.05) is 36.4 Å². The zero-order valence-electron chi connectivity index (χ0n) is 15.1. The third-order valence-electron chi connectivity index (χ3n) is 4.97. The molecule has 1 amide bonds. The first-order chi connectivity index (χ1) is 13.3. The van der Waals surface area contributed by atoms with Crippen LogP contribution in [0.3, 0.4) is 0 Å². The largest absolute Gasteiger partial charge is 0.356 e. The summed E-state index contributed by atoms with van der Waals surface area (Å²) in [6, 6.07) is 17.3. The molecule has 1 aliphatic heterocycles. The fourth-order valence-electron chi connectivity index (χ4n) is 3.57. The van der Waals surface area contributed by atoms with Crippen molar-refractivity contribution in [2.24, 2.45) is 0 Å². The molecule has 27 heavy (non-hydrogen) atoms. The summed E-state index contributed by atoms with van der Waals surface area (Å²) in [5.41, 5.74) is 0.935. The number of nitrogens with one attached hydrogen (secondary N) is 1. The number of piperidine rings is 1. The van der Waals surface area contributed by atoms with Crippen LogP contribution in [0.5, 0.6) is 0 Å². The predicted octanol–water partition coefficient (Wildman–Crippen LogP) is 2.65. The van der Waals surface area contributed by atoms with E-state index in [4.69, 9.17) is 0 Å². The number of nitrogens with zero attached hydrogens (tertiary/aromatic N) is 4. The van der Waals surface area contributed by atoms with Gasteiger partial charge in [0.05, 0.1) is 0 Å². The van der Waals surface area contributed by atoms with Gasteiger partial charge < -0.3 is 10.2 Å². The van der Waals surface area contributed by atoms with Crippen molar-refractivity contribution < 1.29 is 4.79 Å². The third-order valence-corrected chi connectivity index (χ3v) is 4.97. The molecule has 3 aromatic rings. The molecule has 1 atom stereocenters. The van der Waals surface area contributed by atoms with Crippen molar-refractivity contribution in [1.29, 1.82) is 0 Å². The molecule has 0 radical (unpaired) electrons. The van der Waals surface area contributed by atoms with Crippen LogP contribution >= 0.6 is 0 Å². The normalized spacial score (nSPS) is 16.1. The Morgan fingerprint density at radius 2 is 1.78 bits per heavy atom. The highest BCUT2D eigenvalue weighted by Gasteiger charge is 2.27. The molecule has 138 valence electrons. The number of carbonyl (C=O) groups is 1. The van der Waals surface area contributed by atoms with E-state index in [0.29, 0.717) is 0 Å². The minimum Gasteiger partial charge on any atom is -0.356 e. The molecule has 6 heteroatoms. The summed E-state index contributed by atoms with van der Waals surface area (Å²) in [5.74, 6) is 0.988. The highest BCUT2D eigenvalue weighted by molar-refractivity contribution is 5.83. The van der Waals surface area contributed by atoms with Crippen LogP contribution in [0, 0.1) is 0 Å². The van der Waals surface area contributed by atoms with Crippen molar-refractivity contribution in [3.8, 4) is 0 Å². The van der Waals surface area contributed by atoms with E-state index in [1.54, 1.807) is 10.9 Å². The Kier molecular flexibility index (Phi) is 5.14. The second-order valence-corrected chi connectivity index (χ2v) is 6.76. The van der Waals surface area contributed by atoms with Gasteiger partial charge in [-0.2, -0.15) is 5.10 Å². The summed E-state index contributed by atoms with van der Waals surface area (Å²) < 4.78 is 1.72. The summed E-state index contributed by atoms with van der Waals surface area (Å²) in [5, 5.41) is 7.53. The van der Waals surface area contributed by atoms with Gasteiger partial charge in [0.15, 0.2) is 6.04 Å². The average Bonchev–Trinajstić information content (AvgIpc) is 3.24. The number of carbonyl (C=O) groups excluding carboxylic acids is 1. The van der Waals surface area contributed by atoms with Gasteiger partial charge in [-0.25, -0.2) is 4.98 Å². The van der Waals surface area contributed by atoms with Crippen LogP contribution < -0.4 is 10.2 Å².